The lowest BCUT2D eigenvalue weighted by atomic mass is 10.1. The van der Waals surface area contributed by atoms with Crippen LogP contribution in [0, 0.1) is 0 Å². The maximum atomic E-state index is 9.27. The third-order valence-corrected chi connectivity index (χ3v) is 1.17. The Hall–Kier alpha value is -1.09. The topological polar surface area (TPSA) is 57.5 Å². The summed E-state index contributed by atoms with van der Waals surface area (Å²) in [6.07, 6.45) is 1.09. The van der Waals surface area contributed by atoms with Crippen molar-refractivity contribution in [1.82, 2.24) is 0 Å². The quantitative estimate of drug-likeness (QED) is 0.685. The Labute approximate surface area is 85.8 Å². The first-order valence-corrected chi connectivity index (χ1v) is 4.42. The molecule has 0 aliphatic heterocycles. The molecule has 0 aromatic carbocycles. The normalized spacial score (nSPS) is 8.93. The maximum absolute atomic E-state index is 9.27. The molecule has 3 nitrogen and oxygen atoms in total. The second kappa shape index (κ2) is 8.51. The molecule has 0 aromatic rings. The van der Waals surface area contributed by atoms with Crippen LogP contribution in [-0.2, 0) is 4.79 Å². The van der Waals surface area contributed by atoms with Gasteiger partial charge in [0.05, 0.1) is 6.10 Å². The minimum absolute atomic E-state index is 0.282. The number of hydrogen-bond acceptors (Lipinski definition) is 2. The van der Waals surface area contributed by atoms with Crippen LogP contribution < -0.4 is 0 Å². The van der Waals surface area contributed by atoms with Gasteiger partial charge in [0.2, 0.25) is 0 Å². The Kier molecular flexibility index (Phi) is 9.35. The third-order valence-electron chi connectivity index (χ3n) is 1.17. The van der Waals surface area contributed by atoms with Crippen molar-refractivity contribution in [3.63, 3.8) is 0 Å². The fourth-order valence-electron chi connectivity index (χ4n) is 0.877. The molecule has 0 bridgehead atoms. The zero-order valence-corrected chi connectivity index (χ0v) is 9.21. The van der Waals surface area contributed by atoms with Gasteiger partial charge in [0, 0.05) is 6.92 Å². The van der Waals surface area contributed by atoms with Crippen molar-refractivity contribution in [2.24, 2.45) is 0 Å². The highest BCUT2D eigenvalue weighted by Gasteiger charge is 2.02. The van der Waals surface area contributed by atoms with Crippen LogP contribution in [-0.4, -0.2) is 22.3 Å². The van der Waals surface area contributed by atoms with Crippen molar-refractivity contribution in [3.05, 3.63) is 24.3 Å². The van der Waals surface area contributed by atoms with Gasteiger partial charge in [-0.3, -0.25) is 4.79 Å². The monoisotopic (exact) mass is 200 g/mol. The van der Waals surface area contributed by atoms with Crippen molar-refractivity contribution < 1.29 is 15.0 Å². The molecule has 0 amide bonds. The van der Waals surface area contributed by atoms with Crippen LogP contribution >= 0.6 is 0 Å². The van der Waals surface area contributed by atoms with E-state index >= 15 is 0 Å². The zero-order chi connectivity index (χ0) is 11.7. The van der Waals surface area contributed by atoms with E-state index in [-0.39, 0.29) is 6.10 Å². The molecular weight excluding hydrogens is 180 g/mol. The van der Waals surface area contributed by atoms with Gasteiger partial charge in [-0.15, -0.1) is 13.2 Å². The summed E-state index contributed by atoms with van der Waals surface area (Å²) >= 11 is 0. The van der Waals surface area contributed by atoms with Gasteiger partial charge in [-0.25, -0.2) is 0 Å². The standard InChI is InChI=1S/C9H16O.C2H4O2/c1-7(2)5-9(10)6-8(3)4;1-2(3)4/h9-10H,1,3,5-6H2,2,4H3;1H3,(H,3,4). The fraction of sp³-hybridized carbons (Fsp3) is 0.545. The molecule has 0 heterocycles. The van der Waals surface area contributed by atoms with E-state index in [1.807, 2.05) is 13.8 Å². The predicted octanol–water partition coefficient (Wildman–Crippen LogP) is 2.37. The van der Waals surface area contributed by atoms with Crippen molar-refractivity contribution in [1.29, 1.82) is 0 Å². The minimum Gasteiger partial charge on any atom is -0.481 e. The molecule has 0 unspecified atom stereocenters. The lowest BCUT2D eigenvalue weighted by molar-refractivity contribution is -0.134. The van der Waals surface area contributed by atoms with Crippen molar-refractivity contribution in [3.8, 4) is 0 Å². The first-order valence-electron chi connectivity index (χ1n) is 4.42. The first kappa shape index (κ1) is 15.4. The van der Waals surface area contributed by atoms with E-state index < -0.39 is 5.97 Å². The molecule has 3 heteroatoms. The summed E-state index contributed by atoms with van der Waals surface area (Å²) in [5, 5.41) is 16.7. The molecule has 0 radical (unpaired) electrons. The second-order valence-corrected chi connectivity index (χ2v) is 3.50. The lowest BCUT2D eigenvalue weighted by Gasteiger charge is -2.08. The van der Waals surface area contributed by atoms with E-state index in [1.165, 1.54) is 0 Å². The fourth-order valence-corrected chi connectivity index (χ4v) is 0.877. The van der Waals surface area contributed by atoms with E-state index in [0.29, 0.717) is 12.8 Å². The van der Waals surface area contributed by atoms with E-state index in [0.717, 1.165) is 18.1 Å². The molecule has 0 saturated heterocycles. The van der Waals surface area contributed by atoms with Gasteiger partial charge in [0.25, 0.3) is 5.97 Å². The highest BCUT2D eigenvalue weighted by molar-refractivity contribution is 5.62. The van der Waals surface area contributed by atoms with Crippen molar-refractivity contribution in [2.45, 2.75) is 39.7 Å². The van der Waals surface area contributed by atoms with E-state index in [9.17, 15) is 5.11 Å². The molecule has 14 heavy (non-hydrogen) atoms. The summed E-state index contributed by atoms with van der Waals surface area (Å²) in [7, 11) is 0. The molecule has 0 saturated carbocycles. The Balaban J connectivity index is 0. The molecule has 0 aliphatic carbocycles. The number of aliphatic hydroxyl groups excluding tert-OH is 1. The van der Waals surface area contributed by atoms with Gasteiger partial charge in [-0.1, -0.05) is 11.1 Å². The molecule has 0 aromatic heterocycles. The van der Waals surface area contributed by atoms with Crippen LogP contribution in [0.15, 0.2) is 24.3 Å². The van der Waals surface area contributed by atoms with E-state index in [2.05, 4.69) is 13.2 Å². The molecular formula is C11H20O3. The third kappa shape index (κ3) is 22.4. The molecule has 0 atom stereocenters. The molecule has 0 fully saturated rings. The van der Waals surface area contributed by atoms with Gasteiger partial charge in [0.15, 0.2) is 0 Å². The Bertz CT molecular complexity index is 187. The summed E-state index contributed by atoms with van der Waals surface area (Å²) in [5.74, 6) is -0.833. The average molecular weight is 200 g/mol. The number of hydrogen-bond donors (Lipinski definition) is 2. The van der Waals surface area contributed by atoms with Gasteiger partial charge < -0.3 is 10.2 Å². The van der Waals surface area contributed by atoms with Gasteiger partial charge >= 0.3 is 0 Å². The number of aliphatic carboxylic acids is 1. The van der Waals surface area contributed by atoms with Crippen LogP contribution in [0.2, 0.25) is 0 Å². The number of carbonyl (C=O) groups is 1. The largest absolute Gasteiger partial charge is 0.481 e. The highest BCUT2D eigenvalue weighted by Crippen LogP contribution is 2.09. The minimum atomic E-state index is -0.833. The molecule has 2 N–H and O–H groups in total. The summed E-state index contributed by atoms with van der Waals surface area (Å²) in [6.45, 7) is 12.3. The molecule has 0 spiro atoms. The summed E-state index contributed by atoms with van der Waals surface area (Å²) in [4.78, 5) is 9.00. The second-order valence-electron chi connectivity index (χ2n) is 3.50. The zero-order valence-electron chi connectivity index (χ0n) is 9.21. The summed E-state index contributed by atoms with van der Waals surface area (Å²) in [5.41, 5.74) is 2.04. The van der Waals surface area contributed by atoms with Gasteiger partial charge in [-0.05, 0) is 26.7 Å². The molecule has 0 rings (SSSR count). The Morgan fingerprint density at radius 1 is 1.14 bits per heavy atom. The van der Waals surface area contributed by atoms with Crippen LogP contribution in [0.25, 0.3) is 0 Å². The first-order chi connectivity index (χ1) is 6.25. The molecule has 0 aliphatic rings. The van der Waals surface area contributed by atoms with Crippen LogP contribution in [0.3, 0.4) is 0 Å². The lowest BCUT2D eigenvalue weighted by Crippen LogP contribution is -2.06. The molecule has 82 valence electrons. The predicted molar refractivity (Wildman–Crippen MR) is 58.2 cm³/mol. The number of aliphatic hydroxyl groups is 1. The van der Waals surface area contributed by atoms with Gasteiger partial charge in [0.1, 0.15) is 0 Å². The van der Waals surface area contributed by atoms with Crippen molar-refractivity contribution in [2.75, 3.05) is 0 Å². The average Bonchev–Trinajstić information content (AvgIpc) is 1.79. The summed E-state index contributed by atoms with van der Waals surface area (Å²) in [6, 6.07) is 0. The van der Waals surface area contributed by atoms with E-state index in [4.69, 9.17) is 9.90 Å². The number of rotatable bonds is 4. The summed E-state index contributed by atoms with van der Waals surface area (Å²) < 4.78 is 0. The maximum Gasteiger partial charge on any atom is 0.300 e. The highest BCUT2D eigenvalue weighted by atomic mass is 16.4. The Morgan fingerprint density at radius 2 is 1.36 bits per heavy atom. The van der Waals surface area contributed by atoms with Gasteiger partial charge in [-0.2, -0.15) is 0 Å². The Morgan fingerprint density at radius 3 is 1.50 bits per heavy atom. The van der Waals surface area contributed by atoms with E-state index in [1.54, 1.807) is 0 Å². The van der Waals surface area contributed by atoms with Crippen LogP contribution in [0.1, 0.15) is 33.6 Å². The van der Waals surface area contributed by atoms with Crippen molar-refractivity contribution >= 4 is 5.97 Å². The number of carboxylic acid groups (broad SMARTS) is 1. The van der Waals surface area contributed by atoms with Crippen LogP contribution in [0.5, 0.6) is 0 Å². The number of carboxylic acids is 1. The SMILES string of the molecule is C=C(C)CC(O)CC(=C)C.CC(=O)O. The smallest absolute Gasteiger partial charge is 0.300 e. The van der Waals surface area contributed by atoms with Crippen LogP contribution in [0.4, 0.5) is 0 Å².